The average Bonchev–Trinajstić information content (AvgIpc) is 2.78. The summed E-state index contributed by atoms with van der Waals surface area (Å²) in [6.07, 6.45) is 5.69. The Kier molecular flexibility index (Phi) is 3.37. The first-order valence-corrected chi connectivity index (χ1v) is 5.67. The summed E-state index contributed by atoms with van der Waals surface area (Å²) in [5.74, 6) is 1.09. The minimum atomic E-state index is 0.674. The minimum Gasteiger partial charge on any atom is -0.330 e. The third-order valence-electron chi connectivity index (χ3n) is 2.70. The van der Waals surface area contributed by atoms with Crippen molar-refractivity contribution >= 4 is 0 Å². The maximum absolute atomic E-state index is 5.63. The molecule has 84 valence electrons. The van der Waals surface area contributed by atoms with Crippen LogP contribution in [0.3, 0.4) is 0 Å². The third-order valence-corrected chi connectivity index (χ3v) is 2.70. The minimum absolute atomic E-state index is 0.674. The molecule has 0 unspecified atom stereocenters. The van der Waals surface area contributed by atoms with Crippen LogP contribution in [0.5, 0.6) is 0 Å². The Morgan fingerprint density at radius 2 is 2.12 bits per heavy atom. The highest BCUT2D eigenvalue weighted by Crippen LogP contribution is 2.16. The standard InChI is InChI=1S/C13H17N3/c1-2-13-15-9-10-16(13)12-6-4-3-5-11(12)7-8-14/h3-6,9-10H,2,7-8,14H2,1H3. The fraction of sp³-hybridized carbons (Fsp3) is 0.308. The molecule has 0 aliphatic heterocycles. The van der Waals surface area contributed by atoms with Crippen molar-refractivity contribution in [3.63, 3.8) is 0 Å². The lowest BCUT2D eigenvalue weighted by atomic mass is 10.1. The lowest BCUT2D eigenvalue weighted by Gasteiger charge is -2.11. The van der Waals surface area contributed by atoms with Gasteiger partial charge in [-0.2, -0.15) is 0 Å². The highest BCUT2D eigenvalue weighted by Gasteiger charge is 2.06. The molecule has 0 radical (unpaired) electrons. The van der Waals surface area contributed by atoms with Gasteiger partial charge in [0.15, 0.2) is 0 Å². The van der Waals surface area contributed by atoms with Crippen LogP contribution in [0.25, 0.3) is 5.69 Å². The van der Waals surface area contributed by atoms with E-state index in [-0.39, 0.29) is 0 Å². The Morgan fingerprint density at radius 1 is 1.31 bits per heavy atom. The van der Waals surface area contributed by atoms with Gasteiger partial charge in [-0.25, -0.2) is 4.98 Å². The molecule has 3 heteroatoms. The zero-order valence-corrected chi connectivity index (χ0v) is 9.56. The fourth-order valence-electron chi connectivity index (χ4n) is 1.93. The molecule has 1 aromatic heterocycles. The number of nitrogens with zero attached hydrogens (tertiary/aromatic N) is 2. The molecule has 0 aliphatic carbocycles. The predicted octanol–water partition coefficient (Wildman–Crippen LogP) is 1.94. The molecule has 1 aromatic carbocycles. The molecule has 2 N–H and O–H groups in total. The Labute approximate surface area is 95.9 Å². The summed E-state index contributed by atoms with van der Waals surface area (Å²) in [6, 6.07) is 8.35. The van der Waals surface area contributed by atoms with Crippen LogP contribution < -0.4 is 5.73 Å². The van der Waals surface area contributed by atoms with Gasteiger partial charge in [-0.05, 0) is 24.6 Å². The van der Waals surface area contributed by atoms with E-state index in [1.165, 1.54) is 11.3 Å². The maximum Gasteiger partial charge on any atom is 0.112 e. The van der Waals surface area contributed by atoms with Crippen molar-refractivity contribution in [3.8, 4) is 5.69 Å². The number of imidazole rings is 1. The second-order valence-electron chi connectivity index (χ2n) is 3.73. The fourth-order valence-corrected chi connectivity index (χ4v) is 1.93. The highest BCUT2D eigenvalue weighted by atomic mass is 15.1. The van der Waals surface area contributed by atoms with Gasteiger partial charge < -0.3 is 10.3 Å². The van der Waals surface area contributed by atoms with E-state index in [1.54, 1.807) is 0 Å². The average molecular weight is 215 g/mol. The summed E-state index contributed by atoms with van der Waals surface area (Å²) >= 11 is 0. The van der Waals surface area contributed by atoms with Crippen LogP contribution in [0.4, 0.5) is 0 Å². The molecule has 2 aromatic rings. The number of aromatic nitrogens is 2. The number of nitrogens with two attached hydrogens (primary N) is 1. The predicted molar refractivity (Wildman–Crippen MR) is 65.7 cm³/mol. The van der Waals surface area contributed by atoms with Crippen molar-refractivity contribution in [2.24, 2.45) is 5.73 Å². The number of hydrogen-bond donors (Lipinski definition) is 1. The maximum atomic E-state index is 5.63. The van der Waals surface area contributed by atoms with E-state index < -0.39 is 0 Å². The monoisotopic (exact) mass is 215 g/mol. The van der Waals surface area contributed by atoms with Crippen molar-refractivity contribution in [3.05, 3.63) is 48.0 Å². The normalized spacial score (nSPS) is 10.6. The lowest BCUT2D eigenvalue weighted by molar-refractivity contribution is 0.867. The Morgan fingerprint density at radius 3 is 2.88 bits per heavy atom. The first kappa shape index (κ1) is 10.9. The van der Waals surface area contributed by atoms with E-state index in [0.717, 1.165) is 18.7 Å². The SMILES string of the molecule is CCc1nccn1-c1ccccc1CCN. The van der Waals surface area contributed by atoms with Crippen LogP contribution in [-0.4, -0.2) is 16.1 Å². The lowest BCUT2D eigenvalue weighted by Crippen LogP contribution is -2.08. The summed E-state index contributed by atoms with van der Waals surface area (Å²) in [4.78, 5) is 4.34. The topological polar surface area (TPSA) is 43.8 Å². The van der Waals surface area contributed by atoms with Crippen LogP contribution in [0, 0.1) is 0 Å². The van der Waals surface area contributed by atoms with Gasteiger partial charge in [0.05, 0.1) is 0 Å². The van der Waals surface area contributed by atoms with Crippen molar-refractivity contribution in [1.82, 2.24) is 9.55 Å². The van der Waals surface area contributed by atoms with E-state index in [4.69, 9.17) is 5.73 Å². The van der Waals surface area contributed by atoms with Gasteiger partial charge in [0, 0.05) is 24.5 Å². The van der Waals surface area contributed by atoms with Crippen LogP contribution in [0.2, 0.25) is 0 Å². The molecule has 0 saturated carbocycles. The van der Waals surface area contributed by atoms with E-state index in [0.29, 0.717) is 6.54 Å². The zero-order valence-electron chi connectivity index (χ0n) is 9.56. The van der Waals surface area contributed by atoms with E-state index in [1.807, 2.05) is 12.4 Å². The largest absolute Gasteiger partial charge is 0.330 e. The summed E-state index contributed by atoms with van der Waals surface area (Å²) in [5.41, 5.74) is 8.10. The molecule has 0 bridgehead atoms. The molecule has 0 saturated heterocycles. The van der Waals surface area contributed by atoms with Gasteiger partial charge in [-0.15, -0.1) is 0 Å². The van der Waals surface area contributed by atoms with Crippen LogP contribution in [0.15, 0.2) is 36.7 Å². The Hall–Kier alpha value is -1.61. The molecule has 0 amide bonds. The Bertz CT molecular complexity index is 460. The van der Waals surface area contributed by atoms with Crippen molar-refractivity contribution < 1.29 is 0 Å². The van der Waals surface area contributed by atoms with E-state index >= 15 is 0 Å². The molecule has 0 aliphatic rings. The second-order valence-corrected chi connectivity index (χ2v) is 3.73. The zero-order chi connectivity index (χ0) is 11.4. The number of hydrogen-bond acceptors (Lipinski definition) is 2. The van der Waals surface area contributed by atoms with Crippen LogP contribution in [0.1, 0.15) is 18.3 Å². The van der Waals surface area contributed by atoms with Crippen LogP contribution in [-0.2, 0) is 12.8 Å². The molecule has 0 fully saturated rings. The summed E-state index contributed by atoms with van der Waals surface area (Å²) in [5, 5.41) is 0. The second kappa shape index (κ2) is 4.94. The van der Waals surface area contributed by atoms with E-state index in [9.17, 15) is 0 Å². The van der Waals surface area contributed by atoms with Gasteiger partial charge in [-0.3, -0.25) is 0 Å². The smallest absolute Gasteiger partial charge is 0.112 e. The third kappa shape index (κ3) is 1.99. The molecule has 2 rings (SSSR count). The van der Waals surface area contributed by atoms with Gasteiger partial charge in [0.25, 0.3) is 0 Å². The van der Waals surface area contributed by atoms with Crippen LogP contribution >= 0.6 is 0 Å². The first-order chi connectivity index (χ1) is 7.86. The molecule has 3 nitrogen and oxygen atoms in total. The molecular formula is C13H17N3. The number of benzene rings is 1. The Balaban J connectivity index is 2.46. The molecule has 16 heavy (non-hydrogen) atoms. The van der Waals surface area contributed by atoms with Crippen molar-refractivity contribution in [1.29, 1.82) is 0 Å². The quantitative estimate of drug-likeness (QED) is 0.847. The van der Waals surface area contributed by atoms with Crippen molar-refractivity contribution in [2.75, 3.05) is 6.54 Å². The van der Waals surface area contributed by atoms with E-state index in [2.05, 4.69) is 40.7 Å². The van der Waals surface area contributed by atoms with Gasteiger partial charge in [0.2, 0.25) is 0 Å². The summed E-state index contributed by atoms with van der Waals surface area (Å²) in [7, 11) is 0. The summed E-state index contributed by atoms with van der Waals surface area (Å²) < 4.78 is 2.14. The summed E-state index contributed by atoms with van der Waals surface area (Å²) in [6.45, 7) is 2.79. The molecule has 0 atom stereocenters. The van der Waals surface area contributed by atoms with Gasteiger partial charge in [-0.1, -0.05) is 25.1 Å². The molecule has 1 heterocycles. The molecular weight excluding hydrogens is 198 g/mol. The highest BCUT2D eigenvalue weighted by molar-refractivity contribution is 5.42. The molecule has 0 spiro atoms. The van der Waals surface area contributed by atoms with Gasteiger partial charge >= 0.3 is 0 Å². The number of aryl methyl sites for hydroxylation is 1. The van der Waals surface area contributed by atoms with Gasteiger partial charge in [0.1, 0.15) is 5.82 Å². The number of para-hydroxylation sites is 1. The van der Waals surface area contributed by atoms with Crippen molar-refractivity contribution in [2.45, 2.75) is 19.8 Å². The number of rotatable bonds is 4. The first-order valence-electron chi connectivity index (χ1n) is 5.67.